The van der Waals surface area contributed by atoms with E-state index in [0.29, 0.717) is 0 Å². The van der Waals surface area contributed by atoms with E-state index in [-0.39, 0.29) is 10.8 Å². The molecule has 12 rings (SSSR count). The van der Waals surface area contributed by atoms with Gasteiger partial charge in [-0.1, -0.05) is 197 Å². The van der Waals surface area contributed by atoms with Gasteiger partial charge in [-0.05, 0) is 85.5 Å². The van der Waals surface area contributed by atoms with E-state index in [1.165, 1.54) is 87.0 Å². The van der Waals surface area contributed by atoms with Gasteiger partial charge < -0.3 is 4.74 Å². The number of hydrogen-bond donors (Lipinski definition) is 0. The van der Waals surface area contributed by atoms with E-state index in [9.17, 15) is 0 Å². The van der Waals surface area contributed by atoms with E-state index in [1.807, 2.05) is 23.5 Å². The van der Waals surface area contributed by atoms with E-state index in [0.717, 1.165) is 22.0 Å². The molecule has 2 heterocycles. The summed E-state index contributed by atoms with van der Waals surface area (Å²) in [5, 5.41) is 0. The van der Waals surface area contributed by atoms with Gasteiger partial charge in [0.25, 0.3) is 0 Å². The lowest BCUT2D eigenvalue weighted by atomic mass is 9.64. The number of rotatable bonds is 3. The molecule has 0 bridgehead atoms. The smallest absolute Gasteiger partial charge is 0.149 e. The quantitative estimate of drug-likeness (QED) is 0.177. The molecular formula is C55H40OS2. The molecule has 0 saturated carbocycles. The van der Waals surface area contributed by atoms with Crippen LogP contribution in [0.5, 0.6) is 11.5 Å². The first-order valence-corrected chi connectivity index (χ1v) is 21.9. The monoisotopic (exact) mass is 780 g/mol. The van der Waals surface area contributed by atoms with Gasteiger partial charge in [-0.25, -0.2) is 0 Å². The Morgan fingerprint density at radius 1 is 0.379 bits per heavy atom. The molecule has 3 heteroatoms. The fourth-order valence-electron chi connectivity index (χ4n) is 10.7. The molecule has 0 N–H and O–H groups in total. The molecule has 0 unspecified atom stereocenters. The maximum Gasteiger partial charge on any atom is 0.149 e. The minimum absolute atomic E-state index is 0.0865. The molecule has 0 spiro atoms. The predicted octanol–water partition coefficient (Wildman–Crippen LogP) is 15.1. The summed E-state index contributed by atoms with van der Waals surface area (Å²) in [7, 11) is 0. The summed E-state index contributed by atoms with van der Waals surface area (Å²) in [4.78, 5) is 4.99. The molecule has 58 heavy (non-hydrogen) atoms. The Labute approximate surface area is 349 Å². The Morgan fingerprint density at radius 3 is 1.72 bits per heavy atom. The zero-order valence-corrected chi connectivity index (χ0v) is 34.5. The van der Waals surface area contributed by atoms with E-state index >= 15 is 0 Å². The lowest BCUT2D eigenvalue weighted by molar-refractivity contribution is 0.457. The molecule has 0 atom stereocenters. The summed E-state index contributed by atoms with van der Waals surface area (Å²) >= 11 is 3.76. The van der Waals surface area contributed by atoms with E-state index in [1.54, 1.807) is 0 Å². The van der Waals surface area contributed by atoms with Crippen molar-refractivity contribution in [2.45, 2.75) is 63.5 Å². The van der Waals surface area contributed by atoms with Gasteiger partial charge in [-0.15, -0.1) is 0 Å². The third-order valence-electron chi connectivity index (χ3n) is 13.5. The van der Waals surface area contributed by atoms with Crippen molar-refractivity contribution >= 4 is 23.5 Å². The van der Waals surface area contributed by atoms with Crippen LogP contribution in [0.2, 0.25) is 0 Å². The van der Waals surface area contributed by atoms with Crippen LogP contribution < -0.4 is 4.74 Å². The molecule has 2 aliphatic carbocycles. The van der Waals surface area contributed by atoms with Crippen molar-refractivity contribution < 1.29 is 4.74 Å². The van der Waals surface area contributed by atoms with Crippen molar-refractivity contribution in [2.24, 2.45) is 0 Å². The van der Waals surface area contributed by atoms with Gasteiger partial charge in [0.1, 0.15) is 11.5 Å². The van der Waals surface area contributed by atoms with Crippen molar-refractivity contribution in [3.63, 3.8) is 0 Å². The van der Waals surface area contributed by atoms with Crippen molar-refractivity contribution in [2.75, 3.05) is 0 Å². The standard InChI is InChI=1S/C55H40OS2/c1-53(2)39-22-12-11-20-37(39)48-41(53)30-31-47-51(48)56-50-36(21-15-25-46(50)57-47)33-26-27-38-44(32-33)54(3,4)42-28-29-43-52(49(38)42)58-45-24-14-13-23-40(45)55(43,34-16-7-5-8-17-34)35-18-9-6-10-19-35/h5-32H,1-4H3. The highest BCUT2D eigenvalue weighted by Gasteiger charge is 2.48. The molecule has 1 nitrogen and oxygen atoms in total. The second-order valence-corrected chi connectivity index (χ2v) is 19.3. The van der Waals surface area contributed by atoms with Gasteiger partial charge in [-0.3, -0.25) is 0 Å². The Balaban J connectivity index is 1.03. The zero-order valence-electron chi connectivity index (χ0n) is 32.9. The Morgan fingerprint density at radius 2 is 0.948 bits per heavy atom. The summed E-state index contributed by atoms with van der Waals surface area (Å²) in [6.45, 7) is 9.48. The second-order valence-electron chi connectivity index (χ2n) is 17.2. The first-order valence-electron chi connectivity index (χ1n) is 20.3. The molecule has 0 aromatic heterocycles. The van der Waals surface area contributed by atoms with Crippen LogP contribution in [0.1, 0.15) is 72.2 Å². The van der Waals surface area contributed by atoms with E-state index in [2.05, 4.69) is 198 Å². The first kappa shape index (κ1) is 34.3. The molecule has 8 aromatic carbocycles. The van der Waals surface area contributed by atoms with Gasteiger partial charge in [0.05, 0.1) is 15.2 Å². The Bertz CT molecular complexity index is 2990. The maximum absolute atomic E-state index is 7.18. The van der Waals surface area contributed by atoms with Crippen LogP contribution in [0.15, 0.2) is 189 Å². The van der Waals surface area contributed by atoms with Gasteiger partial charge in [0.15, 0.2) is 0 Å². The van der Waals surface area contributed by atoms with Crippen molar-refractivity contribution in [3.8, 4) is 44.9 Å². The Kier molecular flexibility index (Phi) is 7.18. The minimum Gasteiger partial charge on any atom is -0.454 e. The molecule has 0 fully saturated rings. The van der Waals surface area contributed by atoms with E-state index < -0.39 is 5.41 Å². The molecule has 8 aromatic rings. The molecule has 0 radical (unpaired) electrons. The highest BCUT2D eigenvalue weighted by Crippen LogP contribution is 2.63. The molecule has 0 saturated heterocycles. The summed E-state index contributed by atoms with van der Waals surface area (Å²) in [5.41, 5.74) is 17.5. The molecule has 2 aliphatic heterocycles. The van der Waals surface area contributed by atoms with Crippen LogP contribution in [-0.4, -0.2) is 0 Å². The molecule has 278 valence electrons. The van der Waals surface area contributed by atoms with Crippen molar-refractivity contribution in [1.29, 1.82) is 0 Å². The highest BCUT2D eigenvalue weighted by atomic mass is 32.2. The Hall–Kier alpha value is -5.74. The fraction of sp³-hybridized carbons (Fsp3) is 0.127. The van der Waals surface area contributed by atoms with Crippen LogP contribution in [0.25, 0.3) is 33.4 Å². The summed E-state index contributed by atoms with van der Waals surface area (Å²) < 4.78 is 7.18. The van der Waals surface area contributed by atoms with Crippen LogP contribution in [0, 0.1) is 0 Å². The van der Waals surface area contributed by atoms with Crippen LogP contribution in [-0.2, 0) is 16.2 Å². The number of hydrogen-bond acceptors (Lipinski definition) is 3. The predicted molar refractivity (Wildman–Crippen MR) is 240 cm³/mol. The number of benzene rings is 8. The second kappa shape index (κ2) is 12.1. The first-order chi connectivity index (χ1) is 28.3. The summed E-state index contributed by atoms with van der Waals surface area (Å²) in [6.07, 6.45) is 0. The minimum atomic E-state index is -0.466. The van der Waals surface area contributed by atoms with E-state index in [4.69, 9.17) is 4.74 Å². The lowest BCUT2D eigenvalue weighted by Gasteiger charge is -2.42. The third kappa shape index (κ3) is 4.47. The number of para-hydroxylation sites is 1. The third-order valence-corrected chi connectivity index (χ3v) is 15.8. The number of fused-ring (bicyclic) bond motifs is 12. The van der Waals surface area contributed by atoms with Gasteiger partial charge in [-0.2, -0.15) is 0 Å². The summed E-state index contributed by atoms with van der Waals surface area (Å²) in [5.74, 6) is 1.93. The molecule has 0 amide bonds. The van der Waals surface area contributed by atoms with Gasteiger partial charge >= 0.3 is 0 Å². The highest BCUT2D eigenvalue weighted by molar-refractivity contribution is 8.00. The largest absolute Gasteiger partial charge is 0.454 e. The topological polar surface area (TPSA) is 9.23 Å². The van der Waals surface area contributed by atoms with Crippen LogP contribution >= 0.6 is 23.5 Å². The van der Waals surface area contributed by atoms with Crippen LogP contribution in [0.4, 0.5) is 0 Å². The summed E-state index contributed by atoms with van der Waals surface area (Å²) in [6, 6.07) is 63.4. The fourth-order valence-corrected chi connectivity index (χ4v) is 13.1. The molecule has 4 aliphatic rings. The maximum atomic E-state index is 7.18. The van der Waals surface area contributed by atoms with Crippen LogP contribution in [0.3, 0.4) is 0 Å². The molecular weight excluding hydrogens is 741 g/mol. The average molecular weight is 781 g/mol. The average Bonchev–Trinajstić information content (AvgIpc) is 3.64. The van der Waals surface area contributed by atoms with Crippen molar-refractivity contribution in [1.82, 2.24) is 0 Å². The number of ether oxygens (including phenoxy) is 1. The zero-order chi connectivity index (χ0) is 39.0. The van der Waals surface area contributed by atoms with Gasteiger partial charge in [0, 0.05) is 37.3 Å². The van der Waals surface area contributed by atoms with Gasteiger partial charge in [0.2, 0.25) is 0 Å². The lowest BCUT2D eigenvalue weighted by Crippen LogP contribution is -2.34. The normalized spacial score (nSPS) is 16.3. The SMILES string of the molecule is CC1(C)c2ccccc2-c2c1ccc1c2Oc2c(cccc2-c2ccc3c(c2)C(C)(C)c2ccc4c(c2-3)Sc2ccccc2C4(c2ccccc2)c2ccccc2)S1. The van der Waals surface area contributed by atoms with Crippen molar-refractivity contribution in [3.05, 3.63) is 214 Å².